The molecule has 7 rings (SSSR count). The van der Waals surface area contributed by atoms with Crippen molar-refractivity contribution >= 4 is 40.7 Å². The molecule has 1 aromatic rings. The fourth-order valence-corrected chi connectivity index (χ4v) is 7.19. The highest BCUT2D eigenvalue weighted by atomic mass is 35.5. The molecule has 1 aromatic carbocycles. The summed E-state index contributed by atoms with van der Waals surface area (Å²) in [6.45, 7) is 0.858. The van der Waals surface area contributed by atoms with Crippen LogP contribution in [-0.2, 0) is 10.2 Å². The summed E-state index contributed by atoms with van der Waals surface area (Å²) < 4.78 is 2.29. The fraction of sp³-hybridized carbons (Fsp3) is 0.389. The first-order valence-corrected chi connectivity index (χ1v) is 9.35. The highest BCUT2D eigenvalue weighted by Crippen LogP contribution is 2.62. The van der Waals surface area contributed by atoms with E-state index in [0.717, 1.165) is 36.7 Å². The number of anilines is 1. The van der Waals surface area contributed by atoms with Crippen molar-refractivity contribution in [1.29, 1.82) is 0 Å². The number of nitrogens with one attached hydrogen (secondary N) is 1. The maximum Gasteiger partial charge on any atom is 0.223 e. The van der Waals surface area contributed by atoms with Crippen LogP contribution in [0.5, 0.6) is 5.75 Å². The van der Waals surface area contributed by atoms with Gasteiger partial charge in [0.05, 0.1) is 21.8 Å². The number of rotatable bonds is 0. The maximum atomic E-state index is 12.8. The zero-order chi connectivity index (χ0) is 15.8. The lowest BCUT2D eigenvalue weighted by Gasteiger charge is -2.42. The third-order valence-corrected chi connectivity index (χ3v) is 7.91. The lowest BCUT2D eigenvalue weighted by Crippen LogP contribution is -3.00. The summed E-state index contributed by atoms with van der Waals surface area (Å²) in [7, 11) is 0. The summed E-state index contributed by atoms with van der Waals surface area (Å²) in [5.41, 5.74) is 3.89. The molecule has 126 valence electrons. The van der Waals surface area contributed by atoms with E-state index in [9.17, 15) is 9.90 Å². The molecule has 1 saturated heterocycles. The number of thioether (sulfide) groups is 1. The molecule has 0 unspecified atom stereocenters. The number of hydrogen-bond donors (Lipinski definition) is 2. The van der Waals surface area contributed by atoms with Crippen LogP contribution >= 0.6 is 11.8 Å². The van der Waals surface area contributed by atoms with Crippen LogP contribution in [0.1, 0.15) is 24.8 Å². The summed E-state index contributed by atoms with van der Waals surface area (Å²) in [6.07, 6.45) is 6.54. The van der Waals surface area contributed by atoms with Gasteiger partial charge in [-0.3, -0.25) is 9.79 Å². The van der Waals surface area contributed by atoms with Crippen LogP contribution < -0.4 is 32.9 Å². The Morgan fingerprint density at radius 3 is 3.16 bits per heavy atom. The Morgan fingerprint density at radius 2 is 2.28 bits per heavy atom. The highest BCUT2D eigenvalue weighted by molar-refractivity contribution is 8.04. The maximum absolute atomic E-state index is 12.8. The Morgan fingerprint density at radius 1 is 1.40 bits per heavy atom. The Kier molecular flexibility index (Phi) is 2.37. The van der Waals surface area contributed by atoms with E-state index in [2.05, 4.69) is 14.9 Å². The Hall–Kier alpha value is -1.79. The molecule has 0 saturated carbocycles. The van der Waals surface area contributed by atoms with Gasteiger partial charge in [0.25, 0.3) is 0 Å². The Labute approximate surface area is 153 Å². The average Bonchev–Trinajstić information content (AvgIpc) is 3.11. The van der Waals surface area contributed by atoms with Crippen LogP contribution in [0.3, 0.4) is 0 Å². The van der Waals surface area contributed by atoms with E-state index in [0.29, 0.717) is 5.69 Å². The van der Waals surface area contributed by atoms with Gasteiger partial charge in [0.15, 0.2) is 5.75 Å². The van der Waals surface area contributed by atoms with Gasteiger partial charge in [0.1, 0.15) is 12.2 Å². The molecule has 1 aliphatic carbocycles. The number of halogens is 1. The zero-order valence-electron chi connectivity index (χ0n) is 13.2. The van der Waals surface area contributed by atoms with E-state index < -0.39 is 0 Å². The quantitative estimate of drug-likeness (QED) is 0.392. The number of fused-ring (bicyclic) bond motifs is 3. The smallest absolute Gasteiger partial charge is 0.223 e. The number of hydrogen-bond acceptors (Lipinski definition) is 5. The van der Waals surface area contributed by atoms with Gasteiger partial charge in [-0.1, -0.05) is 0 Å². The van der Waals surface area contributed by atoms with Crippen molar-refractivity contribution in [2.45, 2.75) is 36.1 Å². The third kappa shape index (κ3) is 1.34. The number of aromatic hydroxyl groups is 1. The van der Waals surface area contributed by atoms with Crippen LogP contribution in [0.15, 0.2) is 16.0 Å². The number of carbonyl (C=O) groups is 1. The van der Waals surface area contributed by atoms with E-state index in [-0.39, 0.29) is 40.8 Å². The molecule has 5 heterocycles. The second-order valence-corrected chi connectivity index (χ2v) is 8.81. The predicted molar refractivity (Wildman–Crippen MR) is 92.4 cm³/mol. The van der Waals surface area contributed by atoms with Gasteiger partial charge in [-0.2, -0.15) is 0 Å². The van der Waals surface area contributed by atoms with Crippen LogP contribution in [0.2, 0.25) is 0 Å². The lowest BCUT2D eigenvalue weighted by molar-refractivity contribution is -0.118. The molecule has 0 radical (unpaired) electrons. The second kappa shape index (κ2) is 4.13. The van der Waals surface area contributed by atoms with E-state index >= 15 is 0 Å². The molecule has 7 heteroatoms. The van der Waals surface area contributed by atoms with Gasteiger partial charge in [-0.15, -0.1) is 11.8 Å². The lowest BCUT2D eigenvalue weighted by atomic mass is 9.64. The number of ketones is 1. The van der Waals surface area contributed by atoms with Crippen molar-refractivity contribution in [3.8, 4) is 5.75 Å². The number of phenols is 1. The molecular weight excluding hydrogens is 358 g/mol. The van der Waals surface area contributed by atoms with E-state index in [4.69, 9.17) is 0 Å². The standard InChI is InChI=1S/C18H13N3O2S.ClH/c22-9-3-10-18-4-8(9)21-2-1-7-6-19-14-12(7)16(21)13(18)15(17(14)23)20-11(5-18)24-10;/h3,6,8,11H,1-2,4-5H2,(H,19,20,23);1H/t8-,11+,18-;/m0./s1. The second-order valence-electron chi connectivity index (χ2n) is 7.57. The van der Waals surface area contributed by atoms with Gasteiger partial charge in [-0.05, 0) is 18.1 Å². The predicted octanol–water partition coefficient (Wildman–Crippen LogP) is -2.48. The Balaban J connectivity index is 0.00000129. The fourth-order valence-electron chi connectivity index (χ4n) is 5.66. The highest BCUT2D eigenvalue weighted by Gasteiger charge is 2.61. The third-order valence-electron chi connectivity index (χ3n) is 6.58. The van der Waals surface area contributed by atoms with Crippen molar-refractivity contribution in [2.75, 3.05) is 11.9 Å². The topological polar surface area (TPSA) is 64.7 Å². The van der Waals surface area contributed by atoms with Gasteiger partial charge in [-0.25, -0.2) is 4.58 Å². The summed E-state index contributed by atoms with van der Waals surface area (Å²) in [4.78, 5) is 18.5. The molecule has 2 N–H and O–H groups in total. The van der Waals surface area contributed by atoms with Crippen molar-refractivity contribution in [2.24, 2.45) is 4.99 Å². The first kappa shape index (κ1) is 14.4. The first-order chi connectivity index (χ1) is 11.7. The minimum atomic E-state index is -0.0854. The Bertz CT molecular complexity index is 1120. The largest absolute Gasteiger partial charge is 1.00 e. The summed E-state index contributed by atoms with van der Waals surface area (Å²) >= 11 is 1.77. The van der Waals surface area contributed by atoms with Crippen molar-refractivity contribution in [3.05, 3.63) is 27.1 Å². The molecule has 5 aliphatic heterocycles. The van der Waals surface area contributed by atoms with Gasteiger partial charge in [0.2, 0.25) is 17.2 Å². The number of aliphatic imine (C=N–C) groups is 1. The SMILES string of the molecule is O=C1C=C2S[C@@H]3C[C@@]24C[C@@H]1[N+]1=c2c4c(c(O)c4c2=C(C=N4)CC1)N3.[Cl-]. The molecule has 3 atom stereocenters. The van der Waals surface area contributed by atoms with E-state index in [1.807, 2.05) is 12.3 Å². The van der Waals surface area contributed by atoms with Gasteiger partial charge in [0, 0.05) is 29.4 Å². The molecule has 25 heavy (non-hydrogen) atoms. The van der Waals surface area contributed by atoms with E-state index in [1.165, 1.54) is 21.4 Å². The molecule has 0 amide bonds. The minimum absolute atomic E-state index is 0. The van der Waals surface area contributed by atoms with E-state index in [1.54, 1.807) is 11.8 Å². The molecule has 3 bridgehead atoms. The first-order valence-electron chi connectivity index (χ1n) is 8.47. The molecular formula is C18H14ClN3O2S. The molecule has 5 nitrogen and oxygen atoms in total. The number of carbonyl (C=O) groups excluding carboxylic acids is 1. The number of allylic oxidation sites excluding steroid dienone is 1. The summed E-state index contributed by atoms with van der Waals surface area (Å²) in [5.74, 6) is 0.533. The monoisotopic (exact) mass is 371 g/mol. The van der Waals surface area contributed by atoms with Crippen molar-refractivity contribution < 1.29 is 22.3 Å². The molecule has 1 spiro atoms. The van der Waals surface area contributed by atoms with Crippen molar-refractivity contribution in [3.63, 3.8) is 0 Å². The average molecular weight is 372 g/mol. The number of benzene rings is 1. The molecule has 1 fully saturated rings. The van der Waals surface area contributed by atoms with Crippen LogP contribution in [0, 0.1) is 0 Å². The number of nitrogens with zero attached hydrogens (tertiary/aromatic N) is 2. The van der Waals surface area contributed by atoms with Crippen LogP contribution in [0.25, 0.3) is 5.57 Å². The van der Waals surface area contributed by atoms with Gasteiger partial charge >= 0.3 is 0 Å². The van der Waals surface area contributed by atoms with Crippen LogP contribution in [-0.4, -0.2) is 35.1 Å². The summed E-state index contributed by atoms with van der Waals surface area (Å²) in [6, 6.07) is -0.0534. The zero-order valence-corrected chi connectivity index (χ0v) is 14.7. The molecule has 0 aromatic heterocycles. The normalized spacial score (nSPS) is 33.9. The molecule has 6 aliphatic rings. The van der Waals surface area contributed by atoms with Gasteiger partial charge < -0.3 is 22.8 Å². The van der Waals surface area contributed by atoms with Crippen molar-refractivity contribution in [1.82, 2.24) is 4.58 Å². The summed E-state index contributed by atoms with van der Waals surface area (Å²) in [5, 5.41) is 16.9. The minimum Gasteiger partial charge on any atom is -1.00 e. The number of phenolic OH excluding ortho intramolecular Hbond substituents is 1. The van der Waals surface area contributed by atoms with Crippen LogP contribution in [0.4, 0.5) is 11.4 Å².